The molecule has 5 heteroatoms. The van der Waals surface area contributed by atoms with E-state index in [1.54, 1.807) is 13.8 Å². The Bertz CT molecular complexity index is 140. The van der Waals surface area contributed by atoms with Crippen molar-refractivity contribution in [2.75, 3.05) is 0 Å². The standard InChI is InChI=1S/C5H11NO2S2/c1-3(2)5(6,10-9)4(7)8/h3,9H,6H2,1-2H3,(H,7,8)/t5-/m1/s1. The quantitative estimate of drug-likeness (QED) is 0.345. The van der Waals surface area contributed by atoms with Crippen LogP contribution in [-0.4, -0.2) is 15.9 Å². The summed E-state index contributed by atoms with van der Waals surface area (Å²) in [6.07, 6.45) is 0. The van der Waals surface area contributed by atoms with Crippen molar-refractivity contribution in [3.63, 3.8) is 0 Å². The molecule has 1 atom stereocenters. The van der Waals surface area contributed by atoms with Crippen molar-refractivity contribution >= 4 is 28.4 Å². The lowest BCUT2D eigenvalue weighted by atomic mass is 10.1. The van der Waals surface area contributed by atoms with Gasteiger partial charge in [0.05, 0.1) is 0 Å². The smallest absolute Gasteiger partial charge is 0.335 e. The van der Waals surface area contributed by atoms with Crippen LogP contribution in [0.1, 0.15) is 13.8 Å². The molecule has 0 radical (unpaired) electrons. The van der Waals surface area contributed by atoms with Crippen molar-refractivity contribution in [3.8, 4) is 0 Å². The lowest BCUT2D eigenvalue weighted by Gasteiger charge is -2.25. The first-order valence-electron chi connectivity index (χ1n) is 2.80. The van der Waals surface area contributed by atoms with Crippen LogP contribution < -0.4 is 5.73 Å². The average molecular weight is 181 g/mol. The largest absolute Gasteiger partial charge is 0.479 e. The van der Waals surface area contributed by atoms with E-state index in [1.807, 2.05) is 0 Å². The Morgan fingerprint density at radius 1 is 1.80 bits per heavy atom. The molecule has 0 aliphatic rings. The fourth-order valence-corrected chi connectivity index (χ4v) is 1.55. The lowest BCUT2D eigenvalue weighted by molar-refractivity contribution is -0.140. The number of rotatable bonds is 3. The minimum atomic E-state index is -1.26. The van der Waals surface area contributed by atoms with Crippen LogP contribution >= 0.6 is 22.5 Å². The molecule has 0 saturated heterocycles. The van der Waals surface area contributed by atoms with Gasteiger partial charge in [0.1, 0.15) is 0 Å². The maximum absolute atomic E-state index is 10.5. The average Bonchev–Trinajstić information content (AvgIpc) is 1.85. The molecule has 0 aromatic heterocycles. The fraction of sp³-hybridized carbons (Fsp3) is 0.800. The van der Waals surface area contributed by atoms with Crippen LogP contribution in [0.2, 0.25) is 0 Å². The number of aliphatic carboxylic acids is 1. The molecular weight excluding hydrogens is 170 g/mol. The number of nitrogens with two attached hydrogens (primary N) is 1. The minimum absolute atomic E-state index is 0.132. The Morgan fingerprint density at radius 2 is 2.20 bits per heavy atom. The Morgan fingerprint density at radius 3 is 2.20 bits per heavy atom. The van der Waals surface area contributed by atoms with Crippen molar-refractivity contribution < 1.29 is 9.90 Å². The first kappa shape index (κ1) is 10.1. The van der Waals surface area contributed by atoms with E-state index >= 15 is 0 Å². The fourth-order valence-electron chi connectivity index (χ4n) is 0.391. The predicted molar refractivity (Wildman–Crippen MR) is 46.0 cm³/mol. The zero-order valence-electron chi connectivity index (χ0n) is 5.87. The van der Waals surface area contributed by atoms with Gasteiger partial charge in [0.25, 0.3) is 0 Å². The molecule has 0 amide bonds. The molecular formula is C5H11NO2S2. The van der Waals surface area contributed by atoms with Crippen molar-refractivity contribution in [2.45, 2.75) is 18.7 Å². The summed E-state index contributed by atoms with van der Waals surface area (Å²) in [5.41, 5.74) is 5.47. The third-order valence-corrected chi connectivity index (χ3v) is 3.20. The maximum atomic E-state index is 10.5. The summed E-state index contributed by atoms with van der Waals surface area (Å²) in [4.78, 5) is 9.24. The molecule has 0 bridgehead atoms. The predicted octanol–water partition coefficient (Wildman–Crippen LogP) is 0.960. The highest BCUT2D eigenvalue weighted by atomic mass is 33.1. The van der Waals surface area contributed by atoms with Crippen molar-refractivity contribution in [1.82, 2.24) is 0 Å². The highest BCUT2D eigenvalue weighted by Crippen LogP contribution is 2.30. The number of thiol groups is 1. The number of hydrogen-bond acceptors (Lipinski definition) is 4. The van der Waals surface area contributed by atoms with Gasteiger partial charge in [0.15, 0.2) is 4.87 Å². The van der Waals surface area contributed by atoms with Gasteiger partial charge in [-0.25, -0.2) is 4.79 Å². The van der Waals surface area contributed by atoms with E-state index in [0.29, 0.717) is 0 Å². The van der Waals surface area contributed by atoms with Gasteiger partial charge in [0, 0.05) is 0 Å². The van der Waals surface area contributed by atoms with Crippen LogP contribution in [0.3, 0.4) is 0 Å². The minimum Gasteiger partial charge on any atom is -0.479 e. The zero-order valence-corrected chi connectivity index (χ0v) is 7.58. The van der Waals surface area contributed by atoms with Crippen LogP contribution in [0.5, 0.6) is 0 Å². The van der Waals surface area contributed by atoms with Gasteiger partial charge in [-0.15, -0.1) is 11.7 Å². The third kappa shape index (κ3) is 1.81. The SMILES string of the molecule is CC(C)[C@@](N)(SS)C(=O)O. The second kappa shape index (κ2) is 3.50. The molecule has 0 heterocycles. The van der Waals surface area contributed by atoms with Crippen molar-refractivity contribution in [3.05, 3.63) is 0 Å². The molecule has 10 heavy (non-hydrogen) atoms. The Labute approximate surface area is 69.2 Å². The Hall–Kier alpha value is 0.130. The number of hydrogen-bond donors (Lipinski definition) is 3. The van der Waals surface area contributed by atoms with Crippen molar-refractivity contribution in [2.24, 2.45) is 11.7 Å². The van der Waals surface area contributed by atoms with E-state index in [2.05, 4.69) is 11.7 Å². The van der Waals surface area contributed by atoms with Crippen LogP contribution in [0.25, 0.3) is 0 Å². The number of carboxylic acid groups (broad SMARTS) is 1. The first-order valence-corrected chi connectivity index (χ1v) is 4.67. The Kier molecular flexibility index (Phi) is 3.55. The summed E-state index contributed by atoms with van der Waals surface area (Å²) in [5.74, 6) is -1.16. The van der Waals surface area contributed by atoms with Crippen LogP contribution in [-0.2, 0) is 4.79 Å². The van der Waals surface area contributed by atoms with Gasteiger partial charge in [0.2, 0.25) is 0 Å². The van der Waals surface area contributed by atoms with Crippen molar-refractivity contribution in [1.29, 1.82) is 0 Å². The monoisotopic (exact) mass is 181 g/mol. The van der Waals surface area contributed by atoms with E-state index in [4.69, 9.17) is 10.8 Å². The zero-order chi connectivity index (χ0) is 8.36. The molecule has 0 aromatic rings. The van der Waals surface area contributed by atoms with E-state index in [9.17, 15) is 4.79 Å². The van der Waals surface area contributed by atoms with E-state index in [0.717, 1.165) is 10.8 Å². The van der Waals surface area contributed by atoms with E-state index in [-0.39, 0.29) is 5.92 Å². The van der Waals surface area contributed by atoms with Gasteiger partial charge < -0.3 is 10.8 Å². The van der Waals surface area contributed by atoms with Gasteiger partial charge in [-0.2, -0.15) is 0 Å². The molecule has 0 unspecified atom stereocenters. The second-order valence-electron chi connectivity index (χ2n) is 2.34. The van der Waals surface area contributed by atoms with Crippen LogP contribution in [0.4, 0.5) is 0 Å². The molecule has 0 aliphatic heterocycles. The maximum Gasteiger partial charge on any atom is 0.335 e. The topological polar surface area (TPSA) is 63.3 Å². The highest BCUT2D eigenvalue weighted by molar-refractivity contribution is 8.69. The van der Waals surface area contributed by atoms with Crippen LogP contribution in [0.15, 0.2) is 0 Å². The number of carbonyl (C=O) groups is 1. The first-order chi connectivity index (χ1) is 4.45. The normalized spacial score (nSPS) is 16.9. The summed E-state index contributed by atoms with van der Waals surface area (Å²) < 4.78 is 0. The van der Waals surface area contributed by atoms with Gasteiger partial charge in [-0.3, -0.25) is 0 Å². The van der Waals surface area contributed by atoms with Gasteiger partial charge in [-0.1, -0.05) is 24.6 Å². The van der Waals surface area contributed by atoms with E-state index < -0.39 is 10.8 Å². The number of carboxylic acids is 1. The molecule has 60 valence electrons. The van der Waals surface area contributed by atoms with Crippen LogP contribution in [0, 0.1) is 5.92 Å². The summed E-state index contributed by atoms with van der Waals surface area (Å²) in [7, 11) is 0.861. The molecule has 3 N–H and O–H groups in total. The Balaban J connectivity index is 4.38. The summed E-state index contributed by atoms with van der Waals surface area (Å²) in [6.45, 7) is 3.49. The molecule has 0 saturated carbocycles. The molecule has 0 spiro atoms. The summed E-state index contributed by atoms with van der Waals surface area (Å²) in [5, 5.41) is 8.61. The summed E-state index contributed by atoms with van der Waals surface area (Å²) >= 11 is 3.79. The molecule has 0 rings (SSSR count). The van der Waals surface area contributed by atoms with Gasteiger partial charge >= 0.3 is 5.97 Å². The molecule has 3 nitrogen and oxygen atoms in total. The van der Waals surface area contributed by atoms with Gasteiger partial charge in [-0.05, 0) is 5.92 Å². The highest BCUT2D eigenvalue weighted by Gasteiger charge is 2.37. The lowest BCUT2D eigenvalue weighted by Crippen LogP contribution is -2.48. The summed E-state index contributed by atoms with van der Waals surface area (Å²) in [6, 6.07) is 0. The second-order valence-corrected chi connectivity index (χ2v) is 3.75. The third-order valence-electron chi connectivity index (χ3n) is 1.34. The molecule has 0 aromatic carbocycles. The molecule has 0 aliphatic carbocycles. The molecule has 0 fully saturated rings. The van der Waals surface area contributed by atoms with E-state index in [1.165, 1.54) is 0 Å².